The third-order valence-electron chi connectivity index (χ3n) is 5.60. The van der Waals surface area contributed by atoms with Crippen LogP contribution >= 0.6 is 0 Å². The summed E-state index contributed by atoms with van der Waals surface area (Å²) in [5, 5.41) is 7.11. The molecule has 2 rings (SSSR count). The molecule has 0 spiro atoms. The van der Waals surface area contributed by atoms with Crippen LogP contribution in [0.2, 0.25) is 0 Å². The van der Waals surface area contributed by atoms with E-state index >= 15 is 0 Å². The molecule has 1 unspecified atom stereocenters. The van der Waals surface area contributed by atoms with Gasteiger partial charge in [0.25, 0.3) is 0 Å². The van der Waals surface area contributed by atoms with E-state index < -0.39 is 0 Å². The van der Waals surface area contributed by atoms with Crippen LogP contribution in [-0.4, -0.2) is 80.8 Å². The molecule has 164 valence electrons. The average Bonchev–Trinajstić information content (AvgIpc) is 2.72. The van der Waals surface area contributed by atoms with Crippen LogP contribution in [0.3, 0.4) is 0 Å². The summed E-state index contributed by atoms with van der Waals surface area (Å²) in [6, 6.07) is 11.5. The smallest absolute Gasteiger partial charge is 0.191 e. The monoisotopic (exact) mass is 403 g/mol. The second-order valence-corrected chi connectivity index (χ2v) is 8.38. The summed E-state index contributed by atoms with van der Waals surface area (Å²) in [7, 11) is 4.03. The van der Waals surface area contributed by atoms with Crippen molar-refractivity contribution < 1.29 is 4.74 Å². The predicted molar refractivity (Wildman–Crippen MR) is 122 cm³/mol. The van der Waals surface area contributed by atoms with Gasteiger partial charge in [-0.2, -0.15) is 0 Å². The lowest BCUT2D eigenvalue weighted by atomic mass is 10.1. The predicted octanol–water partition coefficient (Wildman–Crippen LogP) is 2.56. The van der Waals surface area contributed by atoms with Crippen molar-refractivity contribution in [2.24, 2.45) is 4.99 Å². The molecule has 2 N–H and O–H groups in total. The molecule has 1 aromatic carbocycles. The van der Waals surface area contributed by atoms with Gasteiger partial charge in [-0.3, -0.25) is 9.89 Å². The van der Waals surface area contributed by atoms with E-state index in [9.17, 15) is 0 Å². The Balaban J connectivity index is 1.66. The second kappa shape index (κ2) is 12.8. The number of benzene rings is 1. The number of hydrogen-bond acceptors (Lipinski definition) is 4. The lowest BCUT2D eigenvalue weighted by molar-refractivity contribution is 0.0532. The maximum Gasteiger partial charge on any atom is 0.191 e. The highest BCUT2D eigenvalue weighted by Gasteiger charge is 2.20. The second-order valence-electron chi connectivity index (χ2n) is 8.38. The molecule has 0 aromatic heterocycles. The number of nitrogens with zero attached hydrogens (tertiary/aromatic N) is 3. The Morgan fingerprint density at radius 2 is 1.90 bits per heavy atom. The number of ether oxygens (including phenoxy) is 1. The molecule has 1 aliphatic heterocycles. The molecule has 0 saturated carbocycles. The van der Waals surface area contributed by atoms with Gasteiger partial charge >= 0.3 is 0 Å². The highest BCUT2D eigenvalue weighted by molar-refractivity contribution is 5.80. The van der Waals surface area contributed by atoms with Crippen LogP contribution in [-0.2, 0) is 11.3 Å². The maximum atomic E-state index is 5.67. The molecule has 1 fully saturated rings. The van der Waals surface area contributed by atoms with Crippen molar-refractivity contribution in [2.45, 2.75) is 58.3 Å². The van der Waals surface area contributed by atoms with Gasteiger partial charge in [0.1, 0.15) is 0 Å². The summed E-state index contributed by atoms with van der Waals surface area (Å²) in [5.74, 6) is 0.909. The molecule has 29 heavy (non-hydrogen) atoms. The Labute approximate surface area is 177 Å². The average molecular weight is 404 g/mol. The zero-order chi connectivity index (χ0) is 21.1. The van der Waals surface area contributed by atoms with E-state index in [1.165, 1.54) is 5.56 Å². The van der Waals surface area contributed by atoms with Crippen molar-refractivity contribution in [1.82, 2.24) is 20.4 Å². The van der Waals surface area contributed by atoms with E-state index in [-0.39, 0.29) is 0 Å². The Hall–Kier alpha value is -1.63. The fourth-order valence-corrected chi connectivity index (χ4v) is 3.53. The highest BCUT2D eigenvalue weighted by Crippen LogP contribution is 2.10. The summed E-state index contributed by atoms with van der Waals surface area (Å²) >= 11 is 0. The van der Waals surface area contributed by atoms with Gasteiger partial charge in [-0.05, 0) is 46.2 Å². The largest absolute Gasteiger partial charge is 0.377 e. The van der Waals surface area contributed by atoms with Crippen molar-refractivity contribution in [3.8, 4) is 0 Å². The van der Waals surface area contributed by atoms with Crippen molar-refractivity contribution >= 4 is 5.96 Å². The molecule has 1 aliphatic rings. The van der Waals surface area contributed by atoms with Gasteiger partial charge in [-0.25, -0.2) is 0 Å². The first-order chi connectivity index (χ1) is 14.0. The van der Waals surface area contributed by atoms with Crippen LogP contribution in [0.1, 0.15) is 39.2 Å². The topological polar surface area (TPSA) is 52.1 Å². The number of aliphatic imine (C=N–C) groups is 1. The Bertz CT molecular complexity index is 584. The standard InChI is InChI=1S/C23H41N5O/c1-19(2)29-16-15-28-13-11-22(12-14-28)26-23(24-4)25-17-20(3)27(5)18-21-9-7-6-8-10-21/h6-10,19-20,22H,11-18H2,1-5H3,(H2,24,25,26). The van der Waals surface area contributed by atoms with E-state index in [1.54, 1.807) is 0 Å². The van der Waals surface area contributed by atoms with Crippen LogP contribution in [0, 0.1) is 0 Å². The highest BCUT2D eigenvalue weighted by atomic mass is 16.5. The molecule has 6 heteroatoms. The van der Waals surface area contributed by atoms with Crippen molar-refractivity contribution in [3.05, 3.63) is 35.9 Å². The van der Waals surface area contributed by atoms with Gasteiger partial charge in [-0.15, -0.1) is 0 Å². The zero-order valence-electron chi connectivity index (χ0n) is 19.0. The molecule has 0 amide bonds. The fraction of sp³-hybridized carbons (Fsp3) is 0.696. The first kappa shape index (κ1) is 23.6. The normalized spacial score (nSPS) is 17.7. The minimum atomic E-state index is 0.317. The van der Waals surface area contributed by atoms with Crippen LogP contribution < -0.4 is 10.6 Å². The fourth-order valence-electron chi connectivity index (χ4n) is 3.53. The molecule has 1 saturated heterocycles. The number of likely N-dealkylation sites (N-methyl/N-ethyl adjacent to an activating group) is 1. The lowest BCUT2D eigenvalue weighted by Gasteiger charge is -2.33. The summed E-state index contributed by atoms with van der Waals surface area (Å²) in [6.07, 6.45) is 2.61. The minimum absolute atomic E-state index is 0.317. The molecule has 1 heterocycles. The SMILES string of the molecule is CN=C(NCC(C)N(C)Cc1ccccc1)NC1CCN(CCOC(C)C)CC1. The number of piperidine rings is 1. The summed E-state index contributed by atoms with van der Waals surface area (Å²) < 4.78 is 5.67. The molecule has 0 bridgehead atoms. The summed E-state index contributed by atoms with van der Waals surface area (Å²) in [5.41, 5.74) is 1.34. The van der Waals surface area contributed by atoms with Gasteiger partial charge < -0.3 is 20.3 Å². The Morgan fingerprint density at radius 3 is 2.52 bits per heavy atom. The lowest BCUT2D eigenvalue weighted by Crippen LogP contribution is -2.51. The molecule has 1 atom stereocenters. The number of hydrogen-bond donors (Lipinski definition) is 2. The molecule has 0 aliphatic carbocycles. The quantitative estimate of drug-likeness (QED) is 0.465. The Kier molecular flexibility index (Phi) is 10.5. The van der Waals surface area contributed by atoms with E-state index in [4.69, 9.17) is 4.74 Å². The van der Waals surface area contributed by atoms with Gasteiger partial charge in [-0.1, -0.05) is 30.3 Å². The molecule has 6 nitrogen and oxygen atoms in total. The minimum Gasteiger partial charge on any atom is -0.377 e. The molecule has 0 radical (unpaired) electrons. The van der Waals surface area contributed by atoms with Crippen molar-refractivity contribution in [3.63, 3.8) is 0 Å². The Morgan fingerprint density at radius 1 is 1.21 bits per heavy atom. The third-order valence-corrected chi connectivity index (χ3v) is 5.60. The van der Waals surface area contributed by atoms with Gasteiger partial charge in [0.15, 0.2) is 5.96 Å². The zero-order valence-corrected chi connectivity index (χ0v) is 19.0. The van der Waals surface area contributed by atoms with E-state index in [0.29, 0.717) is 18.2 Å². The van der Waals surface area contributed by atoms with Crippen LogP contribution in [0.15, 0.2) is 35.3 Å². The van der Waals surface area contributed by atoms with E-state index in [2.05, 4.69) is 83.6 Å². The first-order valence-corrected chi connectivity index (χ1v) is 11.0. The molecular weight excluding hydrogens is 362 g/mol. The third kappa shape index (κ3) is 9.15. The maximum absolute atomic E-state index is 5.67. The summed E-state index contributed by atoms with van der Waals surface area (Å²) in [6.45, 7) is 12.4. The molecular formula is C23H41N5O. The van der Waals surface area contributed by atoms with Gasteiger partial charge in [0, 0.05) is 51.9 Å². The number of rotatable bonds is 10. The van der Waals surface area contributed by atoms with Crippen LogP contribution in [0.5, 0.6) is 0 Å². The van der Waals surface area contributed by atoms with Crippen LogP contribution in [0.25, 0.3) is 0 Å². The van der Waals surface area contributed by atoms with Gasteiger partial charge in [0.05, 0.1) is 12.7 Å². The number of likely N-dealkylation sites (tertiary alicyclic amines) is 1. The first-order valence-electron chi connectivity index (χ1n) is 11.0. The van der Waals surface area contributed by atoms with Gasteiger partial charge in [0.2, 0.25) is 0 Å². The van der Waals surface area contributed by atoms with E-state index in [1.807, 2.05) is 7.05 Å². The van der Waals surface area contributed by atoms with Crippen molar-refractivity contribution in [2.75, 3.05) is 46.9 Å². The summed E-state index contributed by atoms with van der Waals surface area (Å²) in [4.78, 5) is 9.29. The number of nitrogens with one attached hydrogen (secondary N) is 2. The number of guanidine groups is 1. The molecule has 1 aromatic rings. The van der Waals surface area contributed by atoms with Crippen molar-refractivity contribution in [1.29, 1.82) is 0 Å². The van der Waals surface area contributed by atoms with E-state index in [0.717, 1.165) is 58.1 Å². The van der Waals surface area contributed by atoms with Crippen LogP contribution in [0.4, 0.5) is 0 Å².